The van der Waals surface area contributed by atoms with Gasteiger partial charge >= 0.3 is 0 Å². The van der Waals surface area contributed by atoms with Crippen molar-refractivity contribution in [3.05, 3.63) is 29.5 Å². The number of methoxy groups -OCH3 is 1. The quantitative estimate of drug-likeness (QED) is 0.694. The minimum absolute atomic E-state index is 0.0251. The highest BCUT2D eigenvalue weighted by atomic mass is 16.5. The van der Waals surface area contributed by atoms with Gasteiger partial charge in [0.2, 0.25) is 0 Å². The standard InChI is InChI=1S/C16H20N2O3/c1-9(2)18(4)16(20)15(19)13-8-17-14-10(3)6-11(21-5)7-12(13)14/h6-9,17H,1-5H3. The van der Waals surface area contributed by atoms with Gasteiger partial charge in [0.05, 0.1) is 12.7 Å². The fourth-order valence-electron chi connectivity index (χ4n) is 2.20. The molecule has 2 rings (SSSR count). The Morgan fingerprint density at radius 1 is 1.29 bits per heavy atom. The van der Waals surface area contributed by atoms with Crippen molar-refractivity contribution in [2.45, 2.75) is 26.8 Å². The molecule has 0 atom stereocenters. The molecular weight excluding hydrogens is 268 g/mol. The fraction of sp³-hybridized carbons (Fsp3) is 0.375. The highest BCUT2D eigenvalue weighted by Gasteiger charge is 2.25. The molecule has 1 aromatic carbocycles. The second-order valence-corrected chi connectivity index (χ2v) is 5.41. The smallest absolute Gasteiger partial charge is 0.295 e. The number of aromatic amines is 1. The zero-order chi connectivity index (χ0) is 15.7. The zero-order valence-corrected chi connectivity index (χ0v) is 13.0. The van der Waals surface area contributed by atoms with Gasteiger partial charge in [-0.3, -0.25) is 9.59 Å². The number of rotatable bonds is 4. The predicted molar refractivity (Wildman–Crippen MR) is 81.8 cm³/mol. The van der Waals surface area contributed by atoms with Crippen LogP contribution in [0.15, 0.2) is 18.3 Å². The Morgan fingerprint density at radius 2 is 1.95 bits per heavy atom. The number of carbonyl (C=O) groups excluding carboxylic acids is 2. The van der Waals surface area contributed by atoms with Crippen LogP contribution in [0.5, 0.6) is 5.75 Å². The van der Waals surface area contributed by atoms with Gasteiger partial charge in [0.15, 0.2) is 0 Å². The van der Waals surface area contributed by atoms with Crippen LogP contribution in [0.4, 0.5) is 0 Å². The minimum Gasteiger partial charge on any atom is -0.497 e. The van der Waals surface area contributed by atoms with Crippen LogP contribution in [-0.2, 0) is 4.79 Å². The van der Waals surface area contributed by atoms with Crippen molar-refractivity contribution in [1.82, 2.24) is 9.88 Å². The molecule has 0 bridgehead atoms. The van der Waals surface area contributed by atoms with Gasteiger partial charge < -0.3 is 14.6 Å². The third kappa shape index (κ3) is 2.63. The van der Waals surface area contributed by atoms with Crippen LogP contribution in [0.1, 0.15) is 29.8 Å². The van der Waals surface area contributed by atoms with Gasteiger partial charge in [0.1, 0.15) is 5.75 Å². The first-order valence-electron chi connectivity index (χ1n) is 6.84. The maximum Gasteiger partial charge on any atom is 0.295 e. The predicted octanol–water partition coefficient (Wildman–Crippen LogP) is 2.53. The third-order valence-electron chi connectivity index (χ3n) is 3.73. The molecule has 0 aliphatic rings. The average Bonchev–Trinajstić information content (AvgIpc) is 2.88. The Balaban J connectivity index is 2.49. The number of amides is 1. The zero-order valence-electron chi connectivity index (χ0n) is 13.0. The average molecular weight is 288 g/mol. The molecule has 21 heavy (non-hydrogen) atoms. The molecule has 1 aromatic heterocycles. The van der Waals surface area contributed by atoms with Gasteiger partial charge in [-0.1, -0.05) is 0 Å². The lowest BCUT2D eigenvalue weighted by atomic mass is 10.1. The Kier molecular flexibility index (Phi) is 4.02. The van der Waals surface area contributed by atoms with E-state index in [-0.39, 0.29) is 6.04 Å². The van der Waals surface area contributed by atoms with E-state index in [1.807, 2.05) is 26.8 Å². The maximum absolute atomic E-state index is 12.4. The summed E-state index contributed by atoms with van der Waals surface area (Å²) in [6, 6.07) is 3.63. The summed E-state index contributed by atoms with van der Waals surface area (Å²) in [6.07, 6.45) is 1.59. The number of benzene rings is 1. The number of fused-ring (bicyclic) bond motifs is 1. The molecule has 0 aliphatic heterocycles. The number of carbonyl (C=O) groups is 2. The van der Waals surface area contributed by atoms with E-state index in [0.29, 0.717) is 16.7 Å². The van der Waals surface area contributed by atoms with Crippen molar-refractivity contribution in [3.8, 4) is 5.75 Å². The molecule has 0 unspecified atom stereocenters. The summed E-state index contributed by atoms with van der Waals surface area (Å²) >= 11 is 0. The number of ketones is 1. The number of aryl methyl sites for hydroxylation is 1. The molecule has 1 N–H and O–H groups in total. The van der Waals surface area contributed by atoms with Crippen LogP contribution in [0.3, 0.4) is 0 Å². The lowest BCUT2D eigenvalue weighted by Gasteiger charge is -2.20. The van der Waals surface area contributed by atoms with Crippen LogP contribution in [0.2, 0.25) is 0 Å². The molecule has 5 heteroatoms. The summed E-state index contributed by atoms with van der Waals surface area (Å²) < 4.78 is 5.23. The topological polar surface area (TPSA) is 62.4 Å². The number of ether oxygens (including phenoxy) is 1. The van der Waals surface area contributed by atoms with Gasteiger partial charge in [-0.05, 0) is 38.5 Å². The first kappa shape index (κ1) is 15.1. The van der Waals surface area contributed by atoms with Crippen molar-refractivity contribution in [2.24, 2.45) is 0 Å². The van der Waals surface area contributed by atoms with Crippen molar-refractivity contribution < 1.29 is 14.3 Å². The molecule has 1 heterocycles. The highest BCUT2D eigenvalue weighted by Crippen LogP contribution is 2.27. The third-order valence-corrected chi connectivity index (χ3v) is 3.73. The normalized spacial score (nSPS) is 11.0. The van der Waals surface area contributed by atoms with Crippen molar-refractivity contribution in [1.29, 1.82) is 0 Å². The molecule has 0 aliphatic carbocycles. The molecule has 0 fully saturated rings. The number of Topliss-reactive ketones (excluding diaryl/α,β-unsaturated/α-hetero) is 1. The van der Waals surface area contributed by atoms with E-state index in [9.17, 15) is 9.59 Å². The molecule has 5 nitrogen and oxygen atoms in total. The van der Waals surface area contributed by atoms with E-state index >= 15 is 0 Å². The number of likely N-dealkylation sites (N-methyl/N-ethyl adjacent to an activating group) is 1. The van der Waals surface area contributed by atoms with E-state index < -0.39 is 11.7 Å². The van der Waals surface area contributed by atoms with E-state index in [4.69, 9.17) is 4.74 Å². The summed E-state index contributed by atoms with van der Waals surface area (Å²) in [5, 5.41) is 0.711. The lowest BCUT2D eigenvalue weighted by molar-refractivity contribution is -0.126. The van der Waals surface area contributed by atoms with Crippen LogP contribution < -0.4 is 4.74 Å². The first-order chi connectivity index (χ1) is 9.86. The van der Waals surface area contributed by atoms with Crippen molar-refractivity contribution in [2.75, 3.05) is 14.2 Å². The summed E-state index contributed by atoms with van der Waals surface area (Å²) in [5.41, 5.74) is 2.19. The lowest BCUT2D eigenvalue weighted by Crippen LogP contribution is -2.38. The van der Waals surface area contributed by atoms with E-state index in [1.165, 1.54) is 4.90 Å². The second-order valence-electron chi connectivity index (χ2n) is 5.41. The molecule has 0 radical (unpaired) electrons. The molecule has 2 aromatic rings. The van der Waals surface area contributed by atoms with E-state index in [2.05, 4.69) is 4.98 Å². The minimum atomic E-state index is -0.509. The number of aromatic nitrogens is 1. The Morgan fingerprint density at radius 3 is 2.52 bits per heavy atom. The summed E-state index contributed by atoms with van der Waals surface area (Å²) in [7, 11) is 3.21. The second kappa shape index (κ2) is 5.60. The van der Waals surface area contributed by atoms with Gasteiger partial charge in [0, 0.05) is 30.2 Å². The van der Waals surface area contributed by atoms with Crippen LogP contribution in [0, 0.1) is 6.92 Å². The molecule has 0 saturated heterocycles. The highest BCUT2D eigenvalue weighted by molar-refractivity contribution is 6.44. The molecule has 112 valence electrons. The first-order valence-corrected chi connectivity index (χ1v) is 6.84. The van der Waals surface area contributed by atoms with Gasteiger partial charge in [-0.25, -0.2) is 0 Å². The Labute approximate surface area is 123 Å². The molecule has 0 spiro atoms. The monoisotopic (exact) mass is 288 g/mol. The van der Waals surface area contributed by atoms with Crippen molar-refractivity contribution in [3.63, 3.8) is 0 Å². The summed E-state index contributed by atoms with van der Waals surface area (Å²) in [4.78, 5) is 29.1. The summed E-state index contributed by atoms with van der Waals surface area (Å²) in [5.74, 6) is -0.352. The van der Waals surface area contributed by atoms with E-state index in [0.717, 1.165) is 11.1 Å². The summed E-state index contributed by atoms with van der Waals surface area (Å²) in [6.45, 7) is 5.67. The molecule has 1 amide bonds. The van der Waals surface area contributed by atoms with E-state index in [1.54, 1.807) is 26.4 Å². The fourth-order valence-corrected chi connectivity index (χ4v) is 2.20. The number of hydrogen-bond acceptors (Lipinski definition) is 3. The number of hydrogen-bond donors (Lipinski definition) is 1. The number of nitrogens with zero attached hydrogens (tertiary/aromatic N) is 1. The van der Waals surface area contributed by atoms with Gasteiger partial charge in [-0.2, -0.15) is 0 Å². The van der Waals surface area contributed by atoms with Gasteiger partial charge in [0.25, 0.3) is 11.7 Å². The molecule has 0 saturated carbocycles. The number of H-pyrrole nitrogens is 1. The number of nitrogens with one attached hydrogen (secondary N) is 1. The largest absolute Gasteiger partial charge is 0.497 e. The Bertz CT molecular complexity index is 701. The SMILES string of the molecule is COc1cc(C)c2[nH]cc(C(=O)C(=O)N(C)C(C)C)c2c1. The maximum atomic E-state index is 12.4. The molecular formula is C16H20N2O3. The van der Waals surface area contributed by atoms with Crippen LogP contribution in [0.25, 0.3) is 10.9 Å². The van der Waals surface area contributed by atoms with Crippen LogP contribution >= 0.6 is 0 Å². The van der Waals surface area contributed by atoms with Crippen LogP contribution in [-0.4, -0.2) is 41.8 Å². The van der Waals surface area contributed by atoms with Gasteiger partial charge in [-0.15, -0.1) is 0 Å². The van der Waals surface area contributed by atoms with Crippen molar-refractivity contribution >= 4 is 22.6 Å². The Hall–Kier alpha value is -2.30.